The topological polar surface area (TPSA) is 12.0 Å². The van der Waals surface area contributed by atoms with Gasteiger partial charge in [0.25, 0.3) is 0 Å². The van der Waals surface area contributed by atoms with Gasteiger partial charge in [0.2, 0.25) is 0 Å². The first-order valence-electron chi connectivity index (χ1n) is 7.70. The van der Waals surface area contributed by atoms with Crippen LogP contribution in [0.3, 0.4) is 0 Å². The molecule has 3 rings (SSSR count). The van der Waals surface area contributed by atoms with Crippen molar-refractivity contribution in [3.05, 3.63) is 70.2 Å². The molecule has 110 valence electrons. The second-order valence-electron chi connectivity index (χ2n) is 6.19. The Balaban J connectivity index is 1.56. The Bertz CT molecular complexity index is 616. The van der Waals surface area contributed by atoms with Gasteiger partial charge >= 0.3 is 0 Å². The van der Waals surface area contributed by atoms with Gasteiger partial charge in [0, 0.05) is 17.1 Å². The maximum Gasteiger partial charge on any atom is 0.0453 e. The first kappa shape index (κ1) is 14.6. The molecular weight excluding hydrogens is 278 g/mol. The second kappa shape index (κ2) is 6.21. The highest BCUT2D eigenvalue weighted by Gasteiger charge is 2.31. The summed E-state index contributed by atoms with van der Waals surface area (Å²) in [4.78, 5) is 0. The third-order valence-corrected chi connectivity index (χ3v) is 4.85. The third kappa shape index (κ3) is 3.30. The fourth-order valence-electron chi connectivity index (χ4n) is 3.22. The van der Waals surface area contributed by atoms with Gasteiger partial charge in [-0.3, -0.25) is 0 Å². The molecule has 1 fully saturated rings. The standard InChI is InChI=1S/C19H22ClN/c1-13-6-5-7-15(10-13)16-11-17(12-16)21-14(2)18-8-3-4-9-19(18)20/h3-10,14,16-17,21H,11-12H2,1-2H3/t14-,16?,17?/m1/s1. The lowest BCUT2D eigenvalue weighted by molar-refractivity contribution is 0.271. The number of hydrogen-bond acceptors (Lipinski definition) is 1. The van der Waals surface area contributed by atoms with Crippen molar-refractivity contribution in [2.45, 2.75) is 44.7 Å². The Hall–Kier alpha value is -1.31. The molecule has 0 radical (unpaired) electrons. The van der Waals surface area contributed by atoms with Crippen LogP contribution in [0.4, 0.5) is 0 Å². The maximum atomic E-state index is 6.27. The molecule has 21 heavy (non-hydrogen) atoms. The first-order chi connectivity index (χ1) is 10.1. The van der Waals surface area contributed by atoms with Gasteiger partial charge in [0.15, 0.2) is 0 Å². The van der Waals surface area contributed by atoms with Crippen molar-refractivity contribution in [2.75, 3.05) is 0 Å². The summed E-state index contributed by atoms with van der Waals surface area (Å²) >= 11 is 6.27. The van der Waals surface area contributed by atoms with Gasteiger partial charge in [-0.25, -0.2) is 0 Å². The highest BCUT2D eigenvalue weighted by Crippen LogP contribution is 2.38. The molecule has 1 nitrogen and oxygen atoms in total. The normalized spacial score (nSPS) is 22.6. The van der Waals surface area contributed by atoms with Crippen LogP contribution in [0, 0.1) is 6.92 Å². The number of hydrogen-bond donors (Lipinski definition) is 1. The van der Waals surface area contributed by atoms with Crippen molar-refractivity contribution in [2.24, 2.45) is 0 Å². The van der Waals surface area contributed by atoms with Gasteiger partial charge in [-0.15, -0.1) is 0 Å². The summed E-state index contributed by atoms with van der Waals surface area (Å²) in [6.45, 7) is 4.36. The molecule has 0 saturated heterocycles. The van der Waals surface area contributed by atoms with Gasteiger partial charge in [-0.1, -0.05) is 59.6 Å². The van der Waals surface area contributed by atoms with E-state index < -0.39 is 0 Å². The van der Waals surface area contributed by atoms with Crippen LogP contribution in [-0.2, 0) is 0 Å². The van der Waals surface area contributed by atoms with Crippen LogP contribution >= 0.6 is 11.6 Å². The van der Waals surface area contributed by atoms with E-state index in [2.05, 4.69) is 55.6 Å². The Morgan fingerprint density at radius 2 is 1.86 bits per heavy atom. The second-order valence-corrected chi connectivity index (χ2v) is 6.60. The van der Waals surface area contributed by atoms with E-state index in [-0.39, 0.29) is 0 Å². The van der Waals surface area contributed by atoms with Crippen LogP contribution in [0.5, 0.6) is 0 Å². The molecular formula is C19H22ClN. The predicted molar refractivity (Wildman–Crippen MR) is 89.9 cm³/mol. The molecule has 1 saturated carbocycles. The Labute approximate surface area is 132 Å². The van der Waals surface area contributed by atoms with Crippen molar-refractivity contribution in [3.8, 4) is 0 Å². The van der Waals surface area contributed by atoms with Gasteiger partial charge in [0.05, 0.1) is 0 Å². The number of aryl methyl sites for hydroxylation is 1. The van der Waals surface area contributed by atoms with Crippen LogP contribution in [0.15, 0.2) is 48.5 Å². The summed E-state index contributed by atoms with van der Waals surface area (Å²) in [5, 5.41) is 4.56. The zero-order valence-corrected chi connectivity index (χ0v) is 13.4. The van der Waals surface area contributed by atoms with Gasteiger partial charge < -0.3 is 5.32 Å². The van der Waals surface area contributed by atoms with Crippen molar-refractivity contribution < 1.29 is 0 Å². The van der Waals surface area contributed by atoms with Gasteiger partial charge in [0.1, 0.15) is 0 Å². The average Bonchev–Trinajstić information content (AvgIpc) is 2.42. The monoisotopic (exact) mass is 299 g/mol. The minimum Gasteiger partial charge on any atom is -0.307 e. The molecule has 0 spiro atoms. The highest BCUT2D eigenvalue weighted by molar-refractivity contribution is 6.31. The number of halogens is 1. The van der Waals surface area contributed by atoms with Crippen LogP contribution < -0.4 is 5.32 Å². The van der Waals surface area contributed by atoms with E-state index in [9.17, 15) is 0 Å². The molecule has 1 aliphatic carbocycles. The van der Waals surface area contributed by atoms with E-state index in [1.165, 1.54) is 29.5 Å². The molecule has 2 aromatic carbocycles. The Kier molecular flexibility index (Phi) is 4.32. The summed E-state index contributed by atoms with van der Waals surface area (Å²) < 4.78 is 0. The quantitative estimate of drug-likeness (QED) is 0.813. The van der Waals surface area contributed by atoms with E-state index in [0.717, 1.165) is 5.02 Å². The van der Waals surface area contributed by atoms with Crippen LogP contribution in [0.2, 0.25) is 5.02 Å². The SMILES string of the molecule is Cc1cccc(C2CC(N[C@H](C)c3ccccc3Cl)C2)c1. The van der Waals surface area contributed by atoms with E-state index in [1.807, 2.05) is 12.1 Å². The zero-order valence-electron chi connectivity index (χ0n) is 12.6. The molecule has 2 heteroatoms. The van der Waals surface area contributed by atoms with Crippen molar-refractivity contribution in [1.82, 2.24) is 5.32 Å². The lowest BCUT2D eigenvalue weighted by Gasteiger charge is -2.38. The van der Waals surface area contributed by atoms with E-state index >= 15 is 0 Å². The number of rotatable bonds is 4. The van der Waals surface area contributed by atoms with Gasteiger partial charge in [-0.05, 0) is 49.8 Å². The molecule has 1 aliphatic rings. The summed E-state index contributed by atoms with van der Waals surface area (Å²) in [5.41, 5.74) is 4.03. The number of benzene rings is 2. The molecule has 2 aromatic rings. The smallest absolute Gasteiger partial charge is 0.0453 e. The molecule has 1 atom stereocenters. The van der Waals surface area contributed by atoms with E-state index in [4.69, 9.17) is 11.6 Å². The zero-order chi connectivity index (χ0) is 14.8. The van der Waals surface area contributed by atoms with Crippen molar-refractivity contribution in [1.29, 1.82) is 0 Å². The molecule has 0 bridgehead atoms. The largest absolute Gasteiger partial charge is 0.307 e. The van der Waals surface area contributed by atoms with E-state index in [0.29, 0.717) is 18.0 Å². The fraction of sp³-hybridized carbons (Fsp3) is 0.368. The minimum absolute atomic E-state index is 0.308. The highest BCUT2D eigenvalue weighted by atomic mass is 35.5. The molecule has 0 heterocycles. The lowest BCUT2D eigenvalue weighted by atomic mass is 9.75. The summed E-state index contributed by atoms with van der Waals surface area (Å²) in [5.74, 6) is 0.709. The Morgan fingerprint density at radius 3 is 2.57 bits per heavy atom. The Morgan fingerprint density at radius 1 is 1.10 bits per heavy atom. The van der Waals surface area contributed by atoms with Crippen molar-refractivity contribution >= 4 is 11.6 Å². The lowest BCUT2D eigenvalue weighted by Crippen LogP contribution is -2.41. The maximum absolute atomic E-state index is 6.27. The summed E-state index contributed by atoms with van der Waals surface area (Å²) in [7, 11) is 0. The molecule has 0 aromatic heterocycles. The fourth-order valence-corrected chi connectivity index (χ4v) is 3.52. The van der Waals surface area contributed by atoms with Crippen molar-refractivity contribution in [3.63, 3.8) is 0 Å². The van der Waals surface area contributed by atoms with Crippen LogP contribution in [-0.4, -0.2) is 6.04 Å². The molecule has 0 amide bonds. The van der Waals surface area contributed by atoms with Crippen LogP contribution in [0.25, 0.3) is 0 Å². The molecule has 1 N–H and O–H groups in total. The minimum atomic E-state index is 0.308. The van der Waals surface area contributed by atoms with Crippen LogP contribution in [0.1, 0.15) is 48.4 Å². The molecule has 0 aliphatic heterocycles. The van der Waals surface area contributed by atoms with E-state index in [1.54, 1.807) is 0 Å². The average molecular weight is 300 g/mol. The third-order valence-electron chi connectivity index (χ3n) is 4.51. The number of nitrogens with one attached hydrogen (secondary N) is 1. The summed E-state index contributed by atoms with van der Waals surface area (Å²) in [6.07, 6.45) is 2.44. The molecule has 0 unspecified atom stereocenters. The predicted octanol–water partition coefficient (Wildman–Crippen LogP) is 5.25. The first-order valence-corrected chi connectivity index (χ1v) is 8.08. The summed E-state index contributed by atoms with van der Waals surface area (Å²) in [6, 6.07) is 17.9. The van der Waals surface area contributed by atoms with Gasteiger partial charge in [-0.2, -0.15) is 0 Å².